The molecule has 6 nitrogen and oxygen atoms in total. The van der Waals surface area contributed by atoms with Crippen LogP contribution in [-0.4, -0.2) is 35.8 Å². The number of esters is 1. The Morgan fingerprint density at radius 3 is 2.34 bits per heavy atom. The standard InChI is InChI=1S/C26H32N2O4/c1-7-31-24(29)18-8-9-22-21(15-18)20(10-11-27-25(30)32-26(4,5)6)23(28-22)19-13-16(2)12-17(3)14-19/h8-9,12-15,28H,7,10-11H2,1-6H3,(H,27,30). The van der Waals surface area contributed by atoms with E-state index in [9.17, 15) is 9.59 Å². The van der Waals surface area contributed by atoms with E-state index < -0.39 is 11.7 Å². The first-order valence-electron chi connectivity index (χ1n) is 10.9. The van der Waals surface area contributed by atoms with Crippen LogP contribution >= 0.6 is 0 Å². The summed E-state index contributed by atoms with van der Waals surface area (Å²) in [6.45, 7) is 12.2. The van der Waals surface area contributed by atoms with Crippen LogP contribution < -0.4 is 5.32 Å². The van der Waals surface area contributed by atoms with Gasteiger partial charge < -0.3 is 19.8 Å². The van der Waals surface area contributed by atoms with Gasteiger partial charge in [0.2, 0.25) is 0 Å². The molecular formula is C26H32N2O4. The molecule has 0 saturated carbocycles. The molecular weight excluding hydrogens is 404 g/mol. The number of benzene rings is 2. The predicted octanol–water partition coefficient (Wildman–Crippen LogP) is 5.70. The van der Waals surface area contributed by atoms with Gasteiger partial charge in [-0.05, 0) is 89.4 Å². The topological polar surface area (TPSA) is 80.4 Å². The Hall–Kier alpha value is -3.28. The molecule has 0 unspecified atom stereocenters. The number of ether oxygens (including phenoxy) is 2. The Labute approximate surface area is 189 Å². The van der Waals surface area contributed by atoms with Crippen LogP contribution in [-0.2, 0) is 15.9 Å². The van der Waals surface area contributed by atoms with Crippen LogP contribution in [0.2, 0.25) is 0 Å². The minimum atomic E-state index is -0.552. The monoisotopic (exact) mass is 436 g/mol. The molecule has 3 rings (SSSR count). The highest BCUT2D eigenvalue weighted by atomic mass is 16.6. The minimum absolute atomic E-state index is 0.324. The molecule has 6 heteroatoms. The fraction of sp³-hybridized carbons (Fsp3) is 0.385. The number of hydrogen-bond acceptors (Lipinski definition) is 4. The second-order valence-corrected chi connectivity index (χ2v) is 9.01. The lowest BCUT2D eigenvalue weighted by molar-refractivity contribution is 0.0517. The Morgan fingerprint density at radius 1 is 1.03 bits per heavy atom. The summed E-state index contributed by atoms with van der Waals surface area (Å²) in [4.78, 5) is 27.9. The van der Waals surface area contributed by atoms with Crippen molar-refractivity contribution in [3.63, 3.8) is 0 Å². The van der Waals surface area contributed by atoms with E-state index in [1.54, 1.807) is 13.0 Å². The molecule has 0 aliphatic carbocycles. The van der Waals surface area contributed by atoms with Gasteiger partial charge in [-0.3, -0.25) is 0 Å². The molecule has 32 heavy (non-hydrogen) atoms. The second-order valence-electron chi connectivity index (χ2n) is 9.01. The van der Waals surface area contributed by atoms with E-state index in [1.807, 2.05) is 32.9 Å². The lowest BCUT2D eigenvalue weighted by Crippen LogP contribution is -2.33. The van der Waals surface area contributed by atoms with Crippen molar-refractivity contribution in [2.75, 3.05) is 13.2 Å². The molecule has 0 saturated heterocycles. The van der Waals surface area contributed by atoms with Crippen molar-refractivity contribution >= 4 is 23.0 Å². The highest BCUT2D eigenvalue weighted by molar-refractivity contribution is 5.98. The van der Waals surface area contributed by atoms with Crippen LogP contribution in [0.25, 0.3) is 22.2 Å². The number of carbonyl (C=O) groups is 2. The first kappa shape index (κ1) is 23.4. The number of amides is 1. The van der Waals surface area contributed by atoms with Gasteiger partial charge in [0.1, 0.15) is 5.60 Å². The first-order valence-corrected chi connectivity index (χ1v) is 10.9. The van der Waals surface area contributed by atoms with E-state index in [4.69, 9.17) is 9.47 Å². The third-order valence-corrected chi connectivity index (χ3v) is 4.97. The summed E-state index contributed by atoms with van der Waals surface area (Å²) < 4.78 is 10.5. The zero-order valence-corrected chi connectivity index (χ0v) is 19.7. The molecule has 0 aliphatic heterocycles. The SMILES string of the molecule is CCOC(=O)c1ccc2[nH]c(-c3cc(C)cc(C)c3)c(CCNC(=O)OC(C)(C)C)c2c1. The van der Waals surface area contributed by atoms with E-state index in [2.05, 4.69) is 42.3 Å². The van der Waals surface area contributed by atoms with Gasteiger partial charge in [-0.25, -0.2) is 9.59 Å². The smallest absolute Gasteiger partial charge is 0.407 e. The summed E-state index contributed by atoms with van der Waals surface area (Å²) in [7, 11) is 0. The van der Waals surface area contributed by atoms with Crippen molar-refractivity contribution in [1.29, 1.82) is 0 Å². The average molecular weight is 437 g/mol. The summed E-state index contributed by atoms with van der Waals surface area (Å²) >= 11 is 0. The average Bonchev–Trinajstić information content (AvgIpc) is 3.04. The molecule has 0 bridgehead atoms. The van der Waals surface area contributed by atoms with E-state index in [0.717, 1.165) is 27.7 Å². The maximum Gasteiger partial charge on any atom is 0.407 e. The molecule has 3 aromatic rings. The van der Waals surface area contributed by atoms with Crippen molar-refractivity contribution in [2.24, 2.45) is 0 Å². The van der Waals surface area contributed by atoms with Gasteiger partial charge in [-0.2, -0.15) is 0 Å². The second kappa shape index (κ2) is 9.47. The molecule has 0 fully saturated rings. The number of alkyl carbamates (subject to hydrolysis) is 1. The third kappa shape index (κ3) is 5.69. The van der Waals surface area contributed by atoms with Crippen LogP contribution in [0.15, 0.2) is 36.4 Å². The van der Waals surface area contributed by atoms with Crippen LogP contribution in [0, 0.1) is 13.8 Å². The lowest BCUT2D eigenvalue weighted by atomic mass is 9.99. The molecule has 0 atom stereocenters. The Balaban J connectivity index is 1.99. The van der Waals surface area contributed by atoms with Gasteiger partial charge >= 0.3 is 12.1 Å². The highest BCUT2D eigenvalue weighted by Crippen LogP contribution is 2.32. The summed E-state index contributed by atoms with van der Waals surface area (Å²) in [5.74, 6) is -0.346. The minimum Gasteiger partial charge on any atom is -0.462 e. The number of nitrogens with one attached hydrogen (secondary N) is 2. The van der Waals surface area contributed by atoms with Crippen molar-refractivity contribution in [2.45, 2.75) is 53.6 Å². The third-order valence-electron chi connectivity index (χ3n) is 4.97. The van der Waals surface area contributed by atoms with Crippen LogP contribution in [0.3, 0.4) is 0 Å². The van der Waals surface area contributed by atoms with Crippen molar-refractivity contribution in [3.8, 4) is 11.3 Å². The summed E-state index contributed by atoms with van der Waals surface area (Å²) in [6, 6.07) is 11.9. The fourth-order valence-corrected chi connectivity index (χ4v) is 3.82. The number of aromatic nitrogens is 1. The van der Waals surface area contributed by atoms with E-state index in [-0.39, 0.29) is 5.97 Å². The molecule has 2 N–H and O–H groups in total. The zero-order valence-electron chi connectivity index (χ0n) is 19.7. The quantitative estimate of drug-likeness (QED) is 0.486. The number of carbonyl (C=O) groups excluding carboxylic acids is 2. The number of H-pyrrole nitrogens is 1. The van der Waals surface area contributed by atoms with Crippen molar-refractivity contribution in [1.82, 2.24) is 10.3 Å². The zero-order chi connectivity index (χ0) is 23.5. The summed E-state index contributed by atoms with van der Waals surface area (Å²) in [5, 5.41) is 3.78. The van der Waals surface area contributed by atoms with Gasteiger partial charge in [-0.1, -0.05) is 17.2 Å². The van der Waals surface area contributed by atoms with Gasteiger partial charge in [0.25, 0.3) is 0 Å². The predicted molar refractivity (Wildman–Crippen MR) is 127 cm³/mol. The number of aryl methyl sites for hydroxylation is 2. The first-order chi connectivity index (χ1) is 15.1. The van der Waals surface area contributed by atoms with Gasteiger partial charge in [0.05, 0.1) is 12.2 Å². The van der Waals surface area contributed by atoms with E-state index in [1.165, 1.54) is 11.1 Å². The molecule has 1 amide bonds. The number of rotatable bonds is 6. The number of aromatic amines is 1. The number of fused-ring (bicyclic) bond motifs is 1. The van der Waals surface area contributed by atoms with E-state index >= 15 is 0 Å². The molecule has 1 heterocycles. The Bertz CT molecular complexity index is 1120. The number of hydrogen-bond donors (Lipinski definition) is 2. The maximum absolute atomic E-state index is 12.3. The highest BCUT2D eigenvalue weighted by Gasteiger charge is 2.18. The van der Waals surface area contributed by atoms with Crippen molar-refractivity contribution < 1.29 is 19.1 Å². The van der Waals surface area contributed by atoms with Crippen LogP contribution in [0.4, 0.5) is 4.79 Å². The van der Waals surface area contributed by atoms with Crippen molar-refractivity contribution in [3.05, 3.63) is 58.7 Å². The normalized spacial score (nSPS) is 11.4. The molecule has 0 aliphatic rings. The van der Waals surface area contributed by atoms with Crippen LogP contribution in [0.1, 0.15) is 54.7 Å². The molecule has 1 aromatic heterocycles. The van der Waals surface area contributed by atoms with Crippen LogP contribution in [0.5, 0.6) is 0 Å². The fourth-order valence-electron chi connectivity index (χ4n) is 3.82. The largest absolute Gasteiger partial charge is 0.462 e. The summed E-state index contributed by atoms with van der Waals surface area (Å²) in [6.07, 6.45) is 0.130. The molecule has 0 radical (unpaired) electrons. The van der Waals surface area contributed by atoms with E-state index in [0.29, 0.717) is 25.1 Å². The molecule has 170 valence electrons. The lowest BCUT2D eigenvalue weighted by Gasteiger charge is -2.19. The van der Waals surface area contributed by atoms with Gasteiger partial charge in [-0.15, -0.1) is 0 Å². The Kier molecular flexibility index (Phi) is 6.92. The maximum atomic E-state index is 12.3. The molecule has 2 aromatic carbocycles. The van der Waals surface area contributed by atoms with Gasteiger partial charge in [0.15, 0.2) is 0 Å². The molecule has 0 spiro atoms. The Morgan fingerprint density at radius 2 is 1.72 bits per heavy atom. The summed E-state index contributed by atoms with van der Waals surface area (Å²) in [5.41, 5.74) is 6.32. The van der Waals surface area contributed by atoms with Gasteiger partial charge in [0, 0.05) is 23.1 Å².